The van der Waals surface area contributed by atoms with Crippen LogP contribution in [-0.4, -0.2) is 35.7 Å². The van der Waals surface area contributed by atoms with E-state index in [2.05, 4.69) is 5.32 Å². The third-order valence-corrected chi connectivity index (χ3v) is 4.39. The quantitative estimate of drug-likeness (QED) is 0.736. The number of hydrogen-bond acceptors (Lipinski definition) is 3. The summed E-state index contributed by atoms with van der Waals surface area (Å²) in [5.74, 6) is 0.609. The van der Waals surface area contributed by atoms with Crippen molar-refractivity contribution in [3.63, 3.8) is 0 Å². The lowest BCUT2D eigenvalue weighted by atomic mass is 10.1. The Morgan fingerprint density at radius 2 is 1.71 bits per heavy atom. The fraction of sp³-hybridized carbons (Fsp3) is 0.438. The summed E-state index contributed by atoms with van der Waals surface area (Å²) in [6, 6.07) is 7.36. The van der Waals surface area contributed by atoms with Crippen LogP contribution in [-0.2, 0) is 4.79 Å². The minimum Gasteiger partial charge on any atom is -0.342 e. The number of carbonyl (C=O) groups is 3. The van der Waals surface area contributed by atoms with E-state index in [0.29, 0.717) is 23.1 Å². The molecule has 4 rings (SSSR count). The van der Waals surface area contributed by atoms with Crippen LogP contribution in [0.4, 0.5) is 0 Å². The van der Waals surface area contributed by atoms with Crippen LogP contribution in [0.3, 0.4) is 0 Å². The van der Waals surface area contributed by atoms with Crippen LogP contribution in [0, 0.1) is 5.92 Å². The maximum Gasteiger partial charge on any atom is 0.258 e. The number of amides is 3. The molecule has 1 saturated carbocycles. The van der Waals surface area contributed by atoms with Gasteiger partial charge >= 0.3 is 0 Å². The molecule has 1 aromatic carbocycles. The molecule has 21 heavy (non-hydrogen) atoms. The predicted octanol–water partition coefficient (Wildman–Crippen LogP) is 1.59. The highest BCUT2D eigenvalue weighted by molar-refractivity contribution is 6.21. The van der Waals surface area contributed by atoms with Crippen molar-refractivity contribution < 1.29 is 14.4 Å². The van der Waals surface area contributed by atoms with Gasteiger partial charge in [0.2, 0.25) is 5.91 Å². The van der Waals surface area contributed by atoms with Gasteiger partial charge in [-0.05, 0) is 37.3 Å². The summed E-state index contributed by atoms with van der Waals surface area (Å²) in [6.45, 7) is 0. The molecule has 2 heterocycles. The van der Waals surface area contributed by atoms with Crippen molar-refractivity contribution in [2.75, 3.05) is 7.05 Å². The van der Waals surface area contributed by atoms with Crippen molar-refractivity contribution >= 4 is 17.7 Å². The van der Waals surface area contributed by atoms with E-state index in [1.54, 1.807) is 24.3 Å². The van der Waals surface area contributed by atoms with Gasteiger partial charge in [-0.2, -0.15) is 0 Å². The van der Waals surface area contributed by atoms with Crippen LogP contribution in [0.25, 0.3) is 0 Å². The van der Waals surface area contributed by atoms with Crippen molar-refractivity contribution in [1.82, 2.24) is 10.2 Å². The average Bonchev–Trinajstić information content (AvgIpc) is 3.21. The zero-order valence-electron chi connectivity index (χ0n) is 12.0. The second-order valence-electron chi connectivity index (χ2n) is 5.79. The summed E-state index contributed by atoms with van der Waals surface area (Å²) < 4.78 is 0. The number of likely N-dealkylation sites (tertiary alicyclic amines) is 1. The zero-order valence-corrected chi connectivity index (χ0v) is 12.0. The van der Waals surface area contributed by atoms with Crippen LogP contribution >= 0.6 is 0 Å². The number of nitrogens with zero attached hydrogens (tertiary/aromatic N) is 1. The van der Waals surface area contributed by atoms with Gasteiger partial charge in [-0.3, -0.25) is 19.7 Å². The molecule has 3 aliphatic rings. The molecule has 0 aromatic heterocycles. The molecule has 0 spiro atoms. The second-order valence-corrected chi connectivity index (χ2v) is 5.79. The normalized spacial score (nSPS) is 26.1. The van der Waals surface area contributed by atoms with E-state index in [9.17, 15) is 14.4 Å². The molecule has 110 valence electrons. The SMILES string of the molecule is CN1C(=O)CCCC2CC21.O=C1NC(=O)c2ccccc21. The lowest BCUT2D eigenvalue weighted by molar-refractivity contribution is -0.130. The van der Waals surface area contributed by atoms with Gasteiger partial charge in [-0.25, -0.2) is 0 Å². The van der Waals surface area contributed by atoms with Crippen molar-refractivity contribution in [1.29, 1.82) is 0 Å². The molecule has 1 aromatic rings. The molecule has 2 atom stereocenters. The number of carbonyl (C=O) groups excluding carboxylic acids is 3. The fourth-order valence-corrected chi connectivity index (χ4v) is 3.01. The smallest absolute Gasteiger partial charge is 0.258 e. The minimum absolute atomic E-state index is 0.300. The highest BCUT2D eigenvalue weighted by atomic mass is 16.2. The van der Waals surface area contributed by atoms with Crippen molar-refractivity contribution in [3.8, 4) is 0 Å². The highest BCUT2D eigenvalue weighted by Gasteiger charge is 2.43. The number of hydrogen-bond donors (Lipinski definition) is 1. The number of rotatable bonds is 0. The van der Waals surface area contributed by atoms with Crippen LogP contribution in [0.15, 0.2) is 24.3 Å². The average molecular weight is 286 g/mol. The van der Waals surface area contributed by atoms with E-state index >= 15 is 0 Å². The van der Waals surface area contributed by atoms with E-state index in [1.165, 1.54) is 12.8 Å². The largest absolute Gasteiger partial charge is 0.342 e. The Labute approximate surface area is 123 Å². The van der Waals surface area contributed by atoms with Crippen LogP contribution < -0.4 is 5.32 Å². The van der Waals surface area contributed by atoms with Gasteiger partial charge in [0.15, 0.2) is 0 Å². The third kappa shape index (κ3) is 2.68. The molecule has 3 amide bonds. The fourth-order valence-electron chi connectivity index (χ4n) is 3.01. The van der Waals surface area contributed by atoms with Crippen molar-refractivity contribution in [3.05, 3.63) is 35.4 Å². The van der Waals surface area contributed by atoms with Gasteiger partial charge in [0, 0.05) is 19.5 Å². The molecule has 2 fully saturated rings. The van der Waals surface area contributed by atoms with Crippen LogP contribution in [0.5, 0.6) is 0 Å². The maximum absolute atomic E-state index is 11.2. The Bertz CT molecular complexity index is 578. The monoisotopic (exact) mass is 286 g/mol. The first-order valence-electron chi connectivity index (χ1n) is 7.28. The van der Waals surface area contributed by atoms with Crippen LogP contribution in [0.1, 0.15) is 46.4 Å². The lowest BCUT2D eigenvalue weighted by Crippen LogP contribution is -2.27. The molecule has 0 radical (unpaired) electrons. The summed E-state index contributed by atoms with van der Waals surface area (Å²) in [4.78, 5) is 35.0. The topological polar surface area (TPSA) is 66.5 Å². The Kier molecular flexibility index (Phi) is 3.49. The first kappa shape index (κ1) is 13.8. The first-order valence-corrected chi connectivity index (χ1v) is 7.28. The maximum atomic E-state index is 11.2. The predicted molar refractivity (Wildman–Crippen MR) is 76.8 cm³/mol. The number of benzene rings is 1. The van der Waals surface area contributed by atoms with Crippen LogP contribution in [0.2, 0.25) is 0 Å². The van der Waals surface area contributed by atoms with Gasteiger partial charge in [-0.1, -0.05) is 12.1 Å². The van der Waals surface area contributed by atoms with Gasteiger partial charge < -0.3 is 4.90 Å². The van der Waals surface area contributed by atoms with E-state index < -0.39 is 0 Å². The van der Waals surface area contributed by atoms with Crippen molar-refractivity contribution in [2.45, 2.75) is 31.7 Å². The van der Waals surface area contributed by atoms with Gasteiger partial charge in [-0.15, -0.1) is 0 Å². The van der Waals surface area contributed by atoms with Crippen molar-refractivity contribution in [2.24, 2.45) is 5.92 Å². The molecule has 1 aliphatic carbocycles. The summed E-state index contributed by atoms with van der Waals surface area (Å²) in [6.07, 6.45) is 4.44. The summed E-state index contributed by atoms with van der Waals surface area (Å²) in [7, 11) is 1.94. The van der Waals surface area contributed by atoms with Gasteiger partial charge in [0.05, 0.1) is 11.1 Å². The van der Waals surface area contributed by atoms with E-state index in [0.717, 1.165) is 18.8 Å². The minimum atomic E-state index is -0.300. The Balaban J connectivity index is 0.000000126. The number of fused-ring (bicyclic) bond motifs is 2. The summed E-state index contributed by atoms with van der Waals surface area (Å²) >= 11 is 0. The second kappa shape index (κ2) is 5.31. The molecule has 2 aliphatic heterocycles. The Morgan fingerprint density at radius 3 is 2.33 bits per heavy atom. The molecular formula is C16H18N2O3. The Hall–Kier alpha value is -2.17. The highest BCUT2D eigenvalue weighted by Crippen LogP contribution is 2.41. The van der Waals surface area contributed by atoms with Gasteiger partial charge in [0.1, 0.15) is 0 Å². The van der Waals surface area contributed by atoms with E-state index in [-0.39, 0.29) is 11.8 Å². The molecular weight excluding hydrogens is 268 g/mol. The Morgan fingerprint density at radius 1 is 1.10 bits per heavy atom. The molecule has 1 N–H and O–H groups in total. The number of imide groups is 1. The van der Waals surface area contributed by atoms with Gasteiger partial charge in [0.25, 0.3) is 11.8 Å². The van der Waals surface area contributed by atoms with E-state index in [1.807, 2.05) is 11.9 Å². The lowest BCUT2D eigenvalue weighted by Gasteiger charge is -2.13. The zero-order chi connectivity index (χ0) is 15.0. The molecule has 5 nitrogen and oxygen atoms in total. The molecule has 2 unspecified atom stereocenters. The molecule has 1 saturated heterocycles. The summed E-state index contributed by atoms with van der Waals surface area (Å²) in [5.41, 5.74) is 0.940. The first-order chi connectivity index (χ1) is 10.1. The summed E-state index contributed by atoms with van der Waals surface area (Å²) in [5, 5.41) is 2.20. The molecule has 5 heteroatoms. The number of nitrogens with one attached hydrogen (secondary N) is 1. The standard InChI is InChI=1S/C8H5NO2.C8H13NO/c10-7-5-3-1-2-4-6(5)8(11)9-7;1-9-7-5-6(7)3-2-4-8(9)10/h1-4H,(H,9,10,11);6-7H,2-5H2,1H3. The van der Waals surface area contributed by atoms with E-state index in [4.69, 9.17) is 0 Å². The third-order valence-electron chi connectivity index (χ3n) is 4.39. The molecule has 0 bridgehead atoms.